The van der Waals surface area contributed by atoms with Crippen molar-refractivity contribution >= 4 is 61.0 Å². The van der Waals surface area contributed by atoms with Crippen LogP contribution in [0.25, 0.3) is 6.08 Å². The molecule has 0 bridgehead atoms. The Morgan fingerprint density at radius 1 is 0.833 bits per heavy atom. The molecule has 0 N–H and O–H groups in total. The van der Waals surface area contributed by atoms with Gasteiger partial charge in [-0.3, -0.25) is 0 Å². The fourth-order valence-electron chi connectivity index (χ4n) is 3.30. The summed E-state index contributed by atoms with van der Waals surface area (Å²) < 4.78 is 2.11. The van der Waals surface area contributed by atoms with E-state index in [4.69, 9.17) is 0 Å². The number of benzene rings is 2. The zero-order chi connectivity index (χ0) is 21.3. The average molecular weight is 482 g/mol. The molecule has 5 nitrogen and oxygen atoms in total. The van der Waals surface area contributed by atoms with Gasteiger partial charge in [-0.1, -0.05) is 0 Å². The molecule has 1 aliphatic rings. The topological polar surface area (TPSA) is 43.9 Å². The van der Waals surface area contributed by atoms with Crippen LogP contribution in [0.3, 0.4) is 0 Å². The van der Waals surface area contributed by atoms with Crippen LogP contribution in [0, 0.1) is 0 Å². The van der Waals surface area contributed by atoms with Crippen LogP contribution in [0.15, 0.2) is 78.4 Å². The van der Waals surface area contributed by atoms with E-state index < -0.39 is 5.50 Å². The number of amides is 2. The molecular weight excluding hydrogens is 461 g/mol. The molecular formula is C23H21N3O2SSe. The average Bonchev–Trinajstić information content (AvgIpc) is 3.24. The van der Waals surface area contributed by atoms with Gasteiger partial charge in [-0.25, -0.2) is 0 Å². The van der Waals surface area contributed by atoms with Gasteiger partial charge in [0, 0.05) is 0 Å². The third-order valence-corrected chi connectivity index (χ3v) is 7.77. The molecule has 1 fully saturated rings. The van der Waals surface area contributed by atoms with Gasteiger partial charge in [0.25, 0.3) is 0 Å². The summed E-state index contributed by atoms with van der Waals surface area (Å²) in [5.74, 6) is -0.600. The van der Waals surface area contributed by atoms with Crippen molar-refractivity contribution in [1.82, 2.24) is 9.80 Å². The third kappa shape index (κ3) is 3.84. The molecule has 0 spiro atoms. The van der Waals surface area contributed by atoms with Crippen molar-refractivity contribution < 1.29 is 9.59 Å². The zero-order valence-electron chi connectivity index (χ0n) is 16.6. The maximum atomic E-state index is 12.7. The van der Waals surface area contributed by atoms with Crippen LogP contribution in [0.1, 0.15) is 4.44 Å². The summed E-state index contributed by atoms with van der Waals surface area (Å²) in [6.45, 7) is 0. The molecule has 4 rings (SSSR count). The second kappa shape index (κ2) is 8.56. The Morgan fingerprint density at radius 3 is 1.83 bits per heavy atom. The van der Waals surface area contributed by atoms with Gasteiger partial charge >= 0.3 is 188 Å². The van der Waals surface area contributed by atoms with Crippen molar-refractivity contribution in [3.63, 3.8) is 0 Å². The molecule has 7 heteroatoms. The monoisotopic (exact) mass is 483 g/mol. The molecule has 0 atom stereocenters. The van der Waals surface area contributed by atoms with Crippen molar-refractivity contribution in [3.05, 3.63) is 82.8 Å². The van der Waals surface area contributed by atoms with Crippen LogP contribution in [0.2, 0.25) is 0 Å². The molecule has 2 heterocycles. The Labute approximate surface area is 187 Å². The summed E-state index contributed by atoms with van der Waals surface area (Å²) in [4.78, 5) is 30.5. The quantitative estimate of drug-likeness (QED) is 0.267. The van der Waals surface area contributed by atoms with Gasteiger partial charge in [-0.15, -0.1) is 0 Å². The first-order chi connectivity index (χ1) is 14.5. The second-order valence-electron chi connectivity index (χ2n) is 6.92. The Kier molecular flexibility index (Phi) is 5.86. The number of nitrogens with zero attached hydrogens (tertiary/aromatic N) is 3. The number of anilines is 3. The van der Waals surface area contributed by atoms with Gasteiger partial charge in [0.15, 0.2) is 0 Å². The predicted molar refractivity (Wildman–Crippen MR) is 124 cm³/mol. The first kappa shape index (κ1) is 20.5. The standard InChI is InChI=1S/C23H21N3O2SSe/c1-24-21(27)19(22(28)25(2)23(24)29)15-18-13-14-20(30-18)26(16-9-5-3-6-10-16)17-11-7-4-8-12-17/h3-15,23,29H,1-2H3. The molecule has 0 radical (unpaired) electrons. The summed E-state index contributed by atoms with van der Waals surface area (Å²) in [7, 11) is 3.31. The first-order valence-corrected chi connectivity index (χ1v) is 11.6. The van der Waals surface area contributed by atoms with Crippen molar-refractivity contribution in [2.24, 2.45) is 0 Å². The Hall–Kier alpha value is -2.73. The number of hydrogen-bond donors (Lipinski definition) is 1. The number of carbonyl (C=O) groups excluding carboxylic acids is 2. The van der Waals surface area contributed by atoms with E-state index in [0.29, 0.717) is 0 Å². The van der Waals surface area contributed by atoms with E-state index in [9.17, 15) is 9.59 Å². The summed E-state index contributed by atoms with van der Waals surface area (Å²) in [6, 6.07) is 24.4. The van der Waals surface area contributed by atoms with E-state index >= 15 is 0 Å². The second-order valence-corrected chi connectivity index (χ2v) is 9.68. The fourth-order valence-corrected chi connectivity index (χ4v) is 5.60. The van der Waals surface area contributed by atoms with Crippen molar-refractivity contribution in [3.8, 4) is 0 Å². The van der Waals surface area contributed by atoms with Gasteiger partial charge in [0.05, 0.1) is 0 Å². The van der Waals surface area contributed by atoms with Gasteiger partial charge in [-0.05, 0) is 0 Å². The SMILES string of the molecule is CN1C(=O)C(=Cc2ccc(N(c3ccccc3)c3ccccc3)[se]2)C(=O)N(C)C1S. The normalized spacial score (nSPS) is 16.8. The molecule has 0 aliphatic carbocycles. The van der Waals surface area contributed by atoms with Crippen LogP contribution in [0.4, 0.5) is 15.9 Å². The van der Waals surface area contributed by atoms with E-state index in [1.807, 2.05) is 42.5 Å². The molecule has 3 aromatic rings. The van der Waals surface area contributed by atoms with Crippen molar-refractivity contribution in [2.75, 3.05) is 19.0 Å². The zero-order valence-corrected chi connectivity index (χ0v) is 19.2. The molecule has 0 unspecified atom stereocenters. The molecule has 0 saturated carbocycles. The van der Waals surface area contributed by atoms with Crippen molar-refractivity contribution in [1.29, 1.82) is 0 Å². The van der Waals surface area contributed by atoms with E-state index in [0.717, 1.165) is 20.4 Å². The number of carbonyl (C=O) groups is 2. The minimum atomic E-state index is -0.550. The summed E-state index contributed by atoms with van der Waals surface area (Å²) in [5.41, 5.74) is 1.77. The molecule has 1 saturated heterocycles. The molecule has 1 aliphatic heterocycles. The molecule has 30 heavy (non-hydrogen) atoms. The van der Waals surface area contributed by atoms with E-state index in [2.05, 4.69) is 47.9 Å². The van der Waals surface area contributed by atoms with E-state index in [1.165, 1.54) is 9.80 Å². The van der Waals surface area contributed by atoms with Crippen LogP contribution in [-0.2, 0) is 9.59 Å². The van der Waals surface area contributed by atoms with Gasteiger partial charge in [-0.2, -0.15) is 0 Å². The van der Waals surface area contributed by atoms with Crippen LogP contribution in [0.5, 0.6) is 0 Å². The third-order valence-electron chi connectivity index (χ3n) is 4.94. The Balaban J connectivity index is 1.73. The molecule has 1 aromatic heterocycles. The Bertz CT molecular complexity index is 1030. The van der Waals surface area contributed by atoms with Gasteiger partial charge < -0.3 is 0 Å². The fraction of sp³-hybridized carbons (Fsp3) is 0.130. The summed E-state index contributed by atoms with van der Waals surface area (Å²) >= 11 is 4.28. The predicted octanol–water partition coefficient (Wildman–Crippen LogP) is 3.74. The first-order valence-electron chi connectivity index (χ1n) is 9.41. The van der Waals surface area contributed by atoms with E-state index in [-0.39, 0.29) is 31.9 Å². The number of para-hydroxylation sites is 2. The minimum absolute atomic E-state index is 0.0613. The number of likely N-dealkylation sites (N-methyl/N-ethyl adjacent to an activating group) is 2. The molecule has 152 valence electrons. The van der Waals surface area contributed by atoms with Crippen LogP contribution < -0.4 is 4.90 Å². The molecule has 2 amide bonds. The number of thiol groups is 1. The number of rotatable bonds is 4. The van der Waals surface area contributed by atoms with Gasteiger partial charge in [0.2, 0.25) is 0 Å². The van der Waals surface area contributed by atoms with Gasteiger partial charge in [0.1, 0.15) is 0 Å². The maximum absolute atomic E-state index is 12.7. The van der Waals surface area contributed by atoms with E-state index in [1.54, 1.807) is 20.2 Å². The van der Waals surface area contributed by atoms with Crippen molar-refractivity contribution in [2.45, 2.75) is 5.50 Å². The summed E-state index contributed by atoms with van der Waals surface area (Å²) in [5, 5.41) is 0. The van der Waals surface area contributed by atoms with Crippen LogP contribution >= 0.6 is 12.6 Å². The number of hydrogen-bond acceptors (Lipinski definition) is 4. The van der Waals surface area contributed by atoms with Crippen LogP contribution in [-0.4, -0.2) is 55.7 Å². The molecule has 2 aromatic carbocycles. The Morgan fingerprint density at radius 2 is 1.33 bits per heavy atom. The summed E-state index contributed by atoms with van der Waals surface area (Å²) in [6.07, 6.45) is 1.73.